The van der Waals surface area contributed by atoms with Crippen LogP contribution in [0.2, 0.25) is 0 Å². The lowest BCUT2D eigenvalue weighted by molar-refractivity contribution is -0.114. The van der Waals surface area contributed by atoms with Crippen molar-refractivity contribution >= 4 is 28.9 Å². The average Bonchev–Trinajstić information content (AvgIpc) is 3.08. The highest BCUT2D eigenvalue weighted by molar-refractivity contribution is 7.17. The summed E-state index contributed by atoms with van der Waals surface area (Å²) in [5.74, 6) is 0.276. The molecule has 1 heterocycles. The number of nitrogens with one attached hydrogen (secondary N) is 1. The molecule has 138 valence electrons. The number of carbonyl (C=O) groups is 2. The summed E-state index contributed by atoms with van der Waals surface area (Å²) < 4.78 is 11.1. The van der Waals surface area contributed by atoms with Crippen LogP contribution < -0.4 is 14.8 Å². The van der Waals surface area contributed by atoms with Crippen molar-refractivity contribution in [3.05, 3.63) is 65.5 Å². The molecule has 0 saturated heterocycles. The van der Waals surface area contributed by atoms with Gasteiger partial charge in [0.05, 0.1) is 6.61 Å². The lowest BCUT2D eigenvalue weighted by Gasteiger charge is -2.07. The Labute approximate surface area is 161 Å². The zero-order valence-corrected chi connectivity index (χ0v) is 15.8. The van der Waals surface area contributed by atoms with Gasteiger partial charge < -0.3 is 14.8 Å². The summed E-state index contributed by atoms with van der Waals surface area (Å²) >= 11 is 1.33. The molecular weight excluding hydrogens is 362 g/mol. The van der Waals surface area contributed by atoms with Crippen molar-refractivity contribution < 1.29 is 19.1 Å². The molecule has 0 aliphatic rings. The van der Waals surface area contributed by atoms with Crippen molar-refractivity contribution in [2.24, 2.45) is 0 Å². The van der Waals surface area contributed by atoms with Crippen molar-refractivity contribution in [3.8, 4) is 21.9 Å². The number of anilines is 1. The van der Waals surface area contributed by atoms with E-state index in [4.69, 9.17) is 9.47 Å². The minimum Gasteiger partial charge on any atom is -0.492 e. The second-order valence-corrected chi connectivity index (χ2v) is 6.75. The number of esters is 1. The molecule has 3 rings (SSSR count). The number of rotatable bonds is 6. The number of thiophene rings is 1. The predicted octanol–water partition coefficient (Wildman–Crippen LogP) is 4.99. The smallest absolute Gasteiger partial charge is 0.357 e. The highest BCUT2D eigenvalue weighted by Gasteiger charge is 2.20. The molecule has 1 N–H and O–H groups in total. The Hall–Kier alpha value is -3.12. The largest absolute Gasteiger partial charge is 0.492 e. The minimum atomic E-state index is -0.474. The molecule has 6 heteroatoms. The molecule has 2 aromatic carbocycles. The van der Waals surface area contributed by atoms with Crippen molar-refractivity contribution in [1.82, 2.24) is 0 Å². The molecule has 1 aromatic heterocycles. The summed E-state index contributed by atoms with van der Waals surface area (Å²) in [4.78, 5) is 25.1. The number of ether oxygens (including phenoxy) is 2. The SMILES string of the molecule is CCOc1cc(-c2ccccc2)sc1C(=O)Oc1ccc(NC(C)=O)cc1. The summed E-state index contributed by atoms with van der Waals surface area (Å²) in [6, 6.07) is 18.3. The predicted molar refractivity (Wildman–Crippen MR) is 107 cm³/mol. The van der Waals surface area contributed by atoms with Crippen LogP contribution in [0.4, 0.5) is 5.69 Å². The van der Waals surface area contributed by atoms with Crippen LogP contribution in [0.3, 0.4) is 0 Å². The molecule has 0 atom stereocenters. The highest BCUT2D eigenvalue weighted by atomic mass is 32.1. The van der Waals surface area contributed by atoms with E-state index in [1.807, 2.05) is 43.3 Å². The number of amides is 1. The van der Waals surface area contributed by atoms with Crippen LogP contribution in [0, 0.1) is 0 Å². The molecule has 0 bridgehead atoms. The number of carbonyl (C=O) groups excluding carboxylic acids is 2. The molecule has 0 spiro atoms. The fourth-order valence-corrected chi connectivity index (χ4v) is 3.47. The van der Waals surface area contributed by atoms with Gasteiger partial charge >= 0.3 is 5.97 Å². The van der Waals surface area contributed by atoms with E-state index in [1.54, 1.807) is 24.3 Å². The summed E-state index contributed by atoms with van der Waals surface area (Å²) in [5, 5.41) is 2.67. The molecule has 0 fully saturated rings. The molecule has 27 heavy (non-hydrogen) atoms. The van der Waals surface area contributed by atoms with E-state index in [1.165, 1.54) is 18.3 Å². The topological polar surface area (TPSA) is 64.6 Å². The van der Waals surface area contributed by atoms with Gasteiger partial charge in [0.25, 0.3) is 0 Å². The third kappa shape index (κ3) is 4.74. The van der Waals surface area contributed by atoms with E-state index in [0.717, 1.165) is 10.4 Å². The van der Waals surface area contributed by atoms with Gasteiger partial charge in [-0.05, 0) is 42.8 Å². The normalized spacial score (nSPS) is 10.3. The van der Waals surface area contributed by atoms with Crippen LogP contribution in [0.15, 0.2) is 60.7 Å². The van der Waals surface area contributed by atoms with E-state index in [9.17, 15) is 9.59 Å². The van der Waals surface area contributed by atoms with E-state index < -0.39 is 5.97 Å². The van der Waals surface area contributed by atoms with Gasteiger partial charge in [-0.3, -0.25) is 4.79 Å². The first-order valence-corrected chi connectivity index (χ1v) is 9.30. The van der Waals surface area contributed by atoms with Gasteiger partial charge in [0, 0.05) is 17.5 Å². The van der Waals surface area contributed by atoms with Crippen LogP contribution in [0.5, 0.6) is 11.5 Å². The van der Waals surface area contributed by atoms with Crippen molar-refractivity contribution in [1.29, 1.82) is 0 Å². The van der Waals surface area contributed by atoms with Gasteiger partial charge in [-0.2, -0.15) is 0 Å². The molecule has 0 saturated carbocycles. The Bertz CT molecular complexity index is 933. The van der Waals surface area contributed by atoms with Gasteiger partial charge in [-0.1, -0.05) is 30.3 Å². The van der Waals surface area contributed by atoms with Gasteiger partial charge in [-0.25, -0.2) is 4.79 Å². The number of hydrogen-bond acceptors (Lipinski definition) is 5. The maximum Gasteiger partial charge on any atom is 0.357 e. The molecule has 0 unspecified atom stereocenters. The van der Waals surface area contributed by atoms with Crippen LogP contribution in [0.1, 0.15) is 23.5 Å². The molecule has 5 nitrogen and oxygen atoms in total. The fourth-order valence-electron chi connectivity index (χ4n) is 2.49. The summed E-state index contributed by atoms with van der Waals surface area (Å²) in [5.41, 5.74) is 1.65. The van der Waals surface area contributed by atoms with Crippen LogP contribution in [-0.2, 0) is 4.79 Å². The summed E-state index contributed by atoms with van der Waals surface area (Å²) in [7, 11) is 0. The molecular formula is C21H19NO4S. The van der Waals surface area contributed by atoms with E-state index >= 15 is 0 Å². The third-order valence-corrected chi connectivity index (χ3v) is 4.77. The molecule has 0 radical (unpaired) electrons. The Balaban J connectivity index is 1.81. The third-order valence-electron chi connectivity index (χ3n) is 3.63. The second-order valence-electron chi connectivity index (χ2n) is 5.70. The van der Waals surface area contributed by atoms with Gasteiger partial charge in [-0.15, -0.1) is 11.3 Å². The fraction of sp³-hybridized carbons (Fsp3) is 0.143. The maximum atomic E-state index is 12.7. The Morgan fingerprint density at radius 1 is 1.04 bits per heavy atom. The van der Waals surface area contributed by atoms with Gasteiger partial charge in [0.15, 0.2) is 4.88 Å². The average molecular weight is 381 g/mol. The second kappa shape index (κ2) is 8.51. The Morgan fingerprint density at radius 3 is 2.37 bits per heavy atom. The van der Waals surface area contributed by atoms with Crippen LogP contribution >= 0.6 is 11.3 Å². The lowest BCUT2D eigenvalue weighted by Crippen LogP contribution is -2.09. The zero-order chi connectivity index (χ0) is 19.2. The van der Waals surface area contributed by atoms with E-state index in [-0.39, 0.29) is 5.91 Å². The molecule has 0 aliphatic heterocycles. The van der Waals surface area contributed by atoms with Crippen LogP contribution in [-0.4, -0.2) is 18.5 Å². The van der Waals surface area contributed by atoms with Gasteiger partial charge in [0.1, 0.15) is 11.5 Å². The van der Waals surface area contributed by atoms with Crippen molar-refractivity contribution in [2.45, 2.75) is 13.8 Å². The molecule has 3 aromatic rings. The molecule has 0 aliphatic carbocycles. The maximum absolute atomic E-state index is 12.7. The highest BCUT2D eigenvalue weighted by Crippen LogP contribution is 2.37. The zero-order valence-electron chi connectivity index (χ0n) is 15.0. The molecule has 1 amide bonds. The monoisotopic (exact) mass is 381 g/mol. The Morgan fingerprint density at radius 2 is 1.74 bits per heavy atom. The van der Waals surface area contributed by atoms with Crippen molar-refractivity contribution in [3.63, 3.8) is 0 Å². The quantitative estimate of drug-likeness (QED) is 0.482. The summed E-state index contributed by atoms with van der Waals surface area (Å²) in [6.07, 6.45) is 0. The lowest BCUT2D eigenvalue weighted by atomic mass is 10.2. The van der Waals surface area contributed by atoms with Crippen LogP contribution in [0.25, 0.3) is 10.4 Å². The summed E-state index contributed by atoms with van der Waals surface area (Å²) in [6.45, 7) is 3.76. The number of benzene rings is 2. The minimum absolute atomic E-state index is 0.159. The van der Waals surface area contributed by atoms with E-state index in [2.05, 4.69) is 5.32 Å². The standard InChI is InChI=1S/C21H19NO4S/c1-3-25-18-13-19(15-7-5-4-6-8-15)27-20(18)21(24)26-17-11-9-16(10-12-17)22-14(2)23/h4-13H,3H2,1-2H3,(H,22,23). The first-order valence-electron chi connectivity index (χ1n) is 8.48. The van der Waals surface area contributed by atoms with Gasteiger partial charge in [0.2, 0.25) is 5.91 Å². The van der Waals surface area contributed by atoms with Crippen molar-refractivity contribution in [2.75, 3.05) is 11.9 Å². The first kappa shape index (κ1) is 18.7. The number of hydrogen-bond donors (Lipinski definition) is 1. The van der Waals surface area contributed by atoms with E-state index in [0.29, 0.717) is 28.7 Å². The first-order chi connectivity index (χ1) is 13.1. The Kier molecular flexibility index (Phi) is 5.88.